The summed E-state index contributed by atoms with van der Waals surface area (Å²) < 4.78 is 65.0. The van der Waals surface area contributed by atoms with Crippen molar-refractivity contribution in [3.63, 3.8) is 0 Å². The highest BCUT2D eigenvalue weighted by molar-refractivity contribution is 5.73. The van der Waals surface area contributed by atoms with Gasteiger partial charge in [-0.25, -0.2) is 4.39 Å². The van der Waals surface area contributed by atoms with E-state index in [0.717, 1.165) is 31.7 Å². The Balaban J connectivity index is 0.00000142. The molecule has 1 heterocycles. The molecular weight excluding hydrogens is 464 g/mol. The molecule has 1 aromatic carbocycles. The molecule has 0 aliphatic rings. The SMILES string of the molecule is CC(=N)N.CCCCCCCCOc1ccc(-c2noc([C@@H](C)CC(F)CC)n2)cc1C(F)(F)F. The lowest BCUT2D eigenvalue weighted by Gasteiger charge is -2.15. The number of unbranched alkanes of at least 4 members (excludes halogenated alkanes) is 5. The maximum Gasteiger partial charge on any atom is 0.419 e. The first-order valence-corrected chi connectivity index (χ1v) is 12.1. The summed E-state index contributed by atoms with van der Waals surface area (Å²) in [5, 5.41) is 10.1. The highest BCUT2D eigenvalue weighted by Crippen LogP contribution is 2.38. The first-order chi connectivity index (χ1) is 16.5. The highest BCUT2D eigenvalue weighted by atomic mass is 19.4. The lowest BCUT2D eigenvalue weighted by atomic mass is 10.0. The fourth-order valence-corrected chi connectivity index (χ4v) is 3.28. The number of ether oxygens (including phenoxy) is 1. The third kappa shape index (κ3) is 11.6. The number of amidine groups is 1. The lowest BCUT2D eigenvalue weighted by Crippen LogP contribution is -2.10. The Kier molecular flexibility index (Phi) is 13.3. The van der Waals surface area contributed by atoms with Crippen molar-refractivity contribution in [3.8, 4) is 17.1 Å². The van der Waals surface area contributed by atoms with Gasteiger partial charge in [0.2, 0.25) is 11.7 Å². The molecule has 198 valence electrons. The summed E-state index contributed by atoms with van der Waals surface area (Å²) in [6, 6.07) is 3.75. The molecule has 0 fully saturated rings. The molecule has 0 radical (unpaired) electrons. The van der Waals surface area contributed by atoms with Crippen molar-refractivity contribution < 1.29 is 26.8 Å². The number of hydrogen-bond donors (Lipinski definition) is 2. The molecular formula is C25H38F4N4O2. The van der Waals surface area contributed by atoms with Crippen molar-refractivity contribution in [3.05, 3.63) is 29.7 Å². The molecule has 0 bridgehead atoms. The van der Waals surface area contributed by atoms with E-state index in [0.29, 0.717) is 12.8 Å². The van der Waals surface area contributed by atoms with Crippen LogP contribution in [0.5, 0.6) is 5.75 Å². The molecule has 0 saturated carbocycles. The van der Waals surface area contributed by atoms with Crippen molar-refractivity contribution in [2.45, 2.75) is 97.3 Å². The largest absolute Gasteiger partial charge is 0.493 e. The van der Waals surface area contributed by atoms with Crippen molar-refractivity contribution >= 4 is 5.84 Å². The summed E-state index contributed by atoms with van der Waals surface area (Å²) >= 11 is 0. The number of nitrogens with one attached hydrogen (secondary N) is 1. The minimum atomic E-state index is -4.57. The van der Waals surface area contributed by atoms with Gasteiger partial charge in [0.05, 0.1) is 18.0 Å². The molecule has 2 atom stereocenters. The van der Waals surface area contributed by atoms with Gasteiger partial charge in [-0.1, -0.05) is 58.0 Å². The van der Waals surface area contributed by atoms with Crippen LogP contribution in [0.4, 0.5) is 17.6 Å². The van der Waals surface area contributed by atoms with Crippen LogP contribution in [0.25, 0.3) is 11.4 Å². The quantitative estimate of drug-likeness (QED) is 0.127. The standard InChI is InChI=1S/C23H32F4N2O2.C2H6N2/c1-4-6-7-8-9-10-13-30-20-12-11-17(15-19(20)23(25,26)27)21-28-22(31-29-21)16(3)14-18(24)5-2;1-2(3)4/h11-12,15-16,18H,4-10,13-14H2,1-3H3;1H3,(H3,3,4)/t16-,18?;/m0./s1. The Morgan fingerprint density at radius 3 is 2.37 bits per heavy atom. The van der Waals surface area contributed by atoms with Gasteiger partial charge in [0.25, 0.3) is 0 Å². The summed E-state index contributed by atoms with van der Waals surface area (Å²) in [5.74, 6) is -0.104. The topological polar surface area (TPSA) is 98.0 Å². The van der Waals surface area contributed by atoms with Crippen LogP contribution in [0.15, 0.2) is 22.7 Å². The average molecular weight is 503 g/mol. The first-order valence-electron chi connectivity index (χ1n) is 12.1. The number of nitrogens with zero attached hydrogens (tertiary/aromatic N) is 2. The van der Waals surface area contributed by atoms with Crippen molar-refractivity contribution in [2.75, 3.05) is 6.61 Å². The van der Waals surface area contributed by atoms with E-state index < -0.39 is 17.9 Å². The molecule has 0 spiro atoms. The third-order valence-corrected chi connectivity index (χ3v) is 5.21. The van der Waals surface area contributed by atoms with Crippen molar-refractivity contribution in [1.29, 1.82) is 5.41 Å². The molecule has 1 aromatic heterocycles. The molecule has 6 nitrogen and oxygen atoms in total. The van der Waals surface area contributed by atoms with Crippen LogP contribution >= 0.6 is 0 Å². The van der Waals surface area contributed by atoms with Crippen molar-refractivity contribution in [2.24, 2.45) is 5.73 Å². The van der Waals surface area contributed by atoms with Gasteiger partial charge in [0, 0.05) is 11.5 Å². The second-order valence-electron chi connectivity index (χ2n) is 8.61. The molecule has 10 heteroatoms. The Bertz CT molecular complexity index is 883. The maximum atomic E-state index is 13.6. The smallest absolute Gasteiger partial charge is 0.419 e. The van der Waals surface area contributed by atoms with Crippen LogP contribution in [0.3, 0.4) is 0 Å². The Hall–Kier alpha value is -2.65. The van der Waals surface area contributed by atoms with E-state index in [-0.39, 0.29) is 47.8 Å². The van der Waals surface area contributed by atoms with Gasteiger partial charge in [0.15, 0.2) is 0 Å². The summed E-state index contributed by atoms with van der Waals surface area (Å²) in [7, 11) is 0. The average Bonchev–Trinajstić information content (AvgIpc) is 3.28. The van der Waals surface area contributed by atoms with Gasteiger partial charge in [0.1, 0.15) is 11.9 Å². The van der Waals surface area contributed by atoms with E-state index in [1.165, 1.54) is 25.5 Å². The molecule has 2 rings (SSSR count). The van der Waals surface area contributed by atoms with Crippen LogP contribution in [0, 0.1) is 5.41 Å². The van der Waals surface area contributed by atoms with Crippen LogP contribution < -0.4 is 10.5 Å². The molecule has 3 N–H and O–H groups in total. The van der Waals surface area contributed by atoms with E-state index in [4.69, 9.17) is 20.4 Å². The minimum Gasteiger partial charge on any atom is -0.493 e. The molecule has 35 heavy (non-hydrogen) atoms. The second-order valence-corrected chi connectivity index (χ2v) is 8.61. The van der Waals surface area contributed by atoms with Gasteiger partial charge in [-0.3, -0.25) is 5.41 Å². The molecule has 0 aliphatic carbocycles. The normalized spacial score (nSPS) is 13.0. The Morgan fingerprint density at radius 1 is 1.14 bits per heavy atom. The predicted molar refractivity (Wildman–Crippen MR) is 129 cm³/mol. The minimum absolute atomic E-state index is 0.0433. The number of rotatable bonds is 13. The van der Waals surface area contributed by atoms with Gasteiger partial charge in [-0.05, 0) is 44.4 Å². The molecule has 1 unspecified atom stereocenters. The fraction of sp³-hybridized carbons (Fsp3) is 0.640. The predicted octanol–water partition coefficient (Wildman–Crippen LogP) is 7.68. The maximum absolute atomic E-state index is 13.6. The van der Waals surface area contributed by atoms with E-state index >= 15 is 0 Å². The molecule has 2 aromatic rings. The third-order valence-electron chi connectivity index (χ3n) is 5.21. The van der Waals surface area contributed by atoms with Crippen LogP contribution in [-0.4, -0.2) is 28.8 Å². The summed E-state index contributed by atoms with van der Waals surface area (Å²) in [4.78, 5) is 4.18. The van der Waals surface area contributed by atoms with Gasteiger partial charge in [-0.2, -0.15) is 18.2 Å². The lowest BCUT2D eigenvalue weighted by molar-refractivity contribution is -0.138. The number of aromatic nitrogens is 2. The summed E-state index contributed by atoms with van der Waals surface area (Å²) in [6.45, 7) is 7.39. The van der Waals surface area contributed by atoms with Gasteiger partial charge < -0.3 is 15.0 Å². The van der Waals surface area contributed by atoms with Gasteiger partial charge >= 0.3 is 6.18 Å². The zero-order valence-corrected chi connectivity index (χ0v) is 21.1. The summed E-state index contributed by atoms with van der Waals surface area (Å²) in [6.07, 6.45) is 1.18. The monoisotopic (exact) mass is 502 g/mol. The summed E-state index contributed by atoms with van der Waals surface area (Å²) in [5.41, 5.74) is 4.00. The van der Waals surface area contributed by atoms with Crippen LogP contribution in [0.2, 0.25) is 0 Å². The molecule has 0 aliphatic heterocycles. The first kappa shape index (κ1) is 30.4. The number of alkyl halides is 4. The van der Waals surface area contributed by atoms with E-state index in [1.54, 1.807) is 13.8 Å². The Labute approximate surface area is 205 Å². The number of nitrogens with two attached hydrogens (primary N) is 1. The van der Waals surface area contributed by atoms with Gasteiger partial charge in [-0.15, -0.1) is 0 Å². The van der Waals surface area contributed by atoms with E-state index in [1.807, 2.05) is 0 Å². The zero-order chi connectivity index (χ0) is 26.4. The molecule has 0 amide bonds. The number of halogens is 4. The Morgan fingerprint density at radius 2 is 1.77 bits per heavy atom. The second kappa shape index (κ2) is 15.4. The highest BCUT2D eigenvalue weighted by Gasteiger charge is 2.35. The van der Waals surface area contributed by atoms with E-state index in [2.05, 4.69) is 17.1 Å². The molecule has 0 saturated heterocycles. The van der Waals surface area contributed by atoms with Crippen molar-refractivity contribution in [1.82, 2.24) is 10.1 Å². The number of benzene rings is 1. The fourth-order valence-electron chi connectivity index (χ4n) is 3.28. The van der Waals surface area contributed by atoms with Crippen LogP contribution in [0.1, 0.15) is 96.4 Å². The van der Waals surface area contributed by atoms with Crippen LogP contribution in [-0.2, 0) is 6.18 Å². The zero-order valence-electron chi connectivity index (χ0n) is 21.1. The van der Waals surface area contributed by atoms with E-state index in [9.17, 15) is 17.6 Å². The number of hydrogen-bond acceptors (Lipinski definition) is 5.